The first-order chi connectivity index (χ1) is 10.2. The summed E-state index contributed by atoms with van der Waals surface area (Å²) >= 11 is 0. The molecule has 0 aliphatic carbocycles. The van der Waals surface area contributed by atoms with Crippen molar-refractivity contribution in [3.05, 3.63) is 0 Å². The molecule has 0 heterocycles. The lowest BCUT2D eigenvalue weighted by Crippen LogP contribution is -2.41. The molecule has 0 aromatic carbocycles. The third-order valence-electron chi connectivity index (χ3n) is 2.21. The highest BCUT2D eigenvalue weighted by atomic mass is 16.5. The number of hydrogen-bond acceptors (Lipinski definition) is 4. The molecule has 0 rings (SSSR count). The minimum atomic E-state index is -0.519. The van der Waals surface area contributed by atoms with Gasteiger partial charge in [0.15, 0.2) is 0 Å². The van der Waals surface area contributed by atoms with Crippen molar-refractivity contribution in [3.8, 4) is 0 Å². The maximum atomic E-state index is 7.12. The van der Waals surface area contributed by atoms with E-state index in [2.05, 4.69) is 0 Å². The minimum absolute atomic E-state index is 0.185. The third-order valence-corrected chi connectivity index (χ3v) is 2.21. The predicted octanol–water partition coefficient (Wildman–Crippen LogP) is 2.12. The molecule has 17 heavy (non-hydrogen) atoms. The van der Waals surface area contributed by atoms with Crippen LogP contribution in [0.2, 0.25) is 0 Å². The second kappa shape index (κ2) is 11.0. The van der Waals surface area contributed by atoms with Crippen molar-refractivity contribution < 1.29 is 24.4 Å². The summed E-state index contributed by atoms with van der Waals surface area (Å²) in [6.07, 6.45) is 0. The minimum Gasteiger partial charge on any atom is -0.381 e. The van der Waals surface area contributed by atoms with Crippen molar-refractivity contribution in [2.75, 3.05) is 52.9 Å². The molecule has 0 aliphatic heterocycles. The summed E-state index contributed by atoms with van der Waals surface area (Å²) in [5.74, 6) is 0. The van der Waals surface area contributed by atoms with Gasteiger partial charge in [0.2, 0.25) is 0 Å². The van der Waals surface area contributed by atoms with Crippen LogP contribution in [0.25, 0.3) is 0 Å². The Morgan fingerprint density at radius 1 is 0.647 bits per heavy atom. The zero-order chi connectivity index (χ0) is 15.8. The van der Waals surface area contributed by atoms with E-state index in [1.807, 2.05) is 0 Å². The Labute approximate surface area is 111 Å². The number of hydrogen-bond donors (Lipinski definition) is 0. The van der Waals surface area contributed by atoms with Crippen LogP contribution in [-0.2, 0) is 18.9 Å². The smallest absolute Gasteiger partial charge is 0.0637 e. The van der Waals surface area contributed by atoms with Crippen LogP contribution >= 0.6 is 0 Å². The monoisotopic (exact) mass is 252 g/mol. The van der Waals surface area contributed by atoms with E-state index in [1.54, 1.807) is 0 Å². The summed E-state index contributed by atoms with van der Waals surface area (Å²) in [6, 6.07) is 0. The Balaban J connectivity index is 4.52. The van der Waals surface area contributed by atoms with E-state index >= 15 is 0 Å². The van der Waals surface area contributed by atoms with Crippen LogP contribution in [0.3, 0.4) is 0 Å². The average molecular weight is 252 g/mol. The molecule has 4 heteroatoms. The quantitative estimate of drug-likeness (QED) is 0.499. The molecule has 0 aliphatic rings. The van der Waals surface area contributed by atoms with Crippen molar-refractivity contribution in [1.29, 1.82) is 0 Å². The molecule has 0 aromatic heterocycles. The zero-order valence-electron chi connectivity index (χ0n) is 14.6. The van der Waals surface area contributed by atoms with Gasteiger partial charge in [-0.3, -0.25) is 0 Å². The highest BCUT2D eigenvalue weighted by Gasteiger charge is 2.31. The molecular formula is C13H28O4. The van der Waals surface area contributed by atoms with Gasteiger partial charge in [-0.25, -0.2) is 0 Å². The Morgan fingerprint density at radius 2 is 0.941 bits per heavy atom. The summed E-state index contributed by atoms with van der Waals surface area (Å²) < 4.78 is 50.4. The maximum Gasteiger partial charge on any atom is 0.0637 e. The lowest BCUT2D eigenvalue weighted by atomic mass is 9.92. The van der Waals surface area contributed by atoms with E-state index in [-0.39, 0.29) is 27.6 Å². The van der Waals surface area contributed by atoms with Crippen LogP contribution in [0.15, 0.2) is 0 Å². The predicted molar refractivity (Wildman–Crippen MR) is 68.4 cm³/mol. The lowest BCUT2D eigenvalue weighted by Gasteiger charge is -2.32. The van der Waals surface area contributed by atoms with Gasteiger partial charge in [-0.05, 0) is 27.6 Å². The summed E-state index contributed by atoms with van der Waals surface area (Å²) in [6.45, 7) is 3.40. The summed E-state index contributed by atoms with van der Waals surface area (Å²) in [4.78, 5) is 0. The van der Waals surface area contributed by atoms with Gasteiger partial charge in [-0.15, -0.1) is 0 Å². The van der Waals surface area contributed by atoms with Crippen molar-refractivity contribution >= 4 is 0 Å². The highest BCUT2D eigenvalue weighted by Crippen LogP contribution is 2.20. The molecule has 0 unspecified atom stereocenters. The second-order valence-corrected chi connectivity index (χ2v) is 3.71. The summed E-state index contributed by atoms with van der Waals surface area (Å²) in [7, 11) is 0. The first-order valence-corrected chi connectivity index (χ1v) is 5.72. The third kappa shape index (κ3) is 7.71. The standard InChI is InChI=1S/C13H28O4/c1-5-14-9-13(10-15-6-2,11-16-7-3)12-17-8-4/h5-12H2,1-4H3/i1D,2D,3D,4D. The molecule has 0 radical (unpaired) electrons. The Hall–Kier alpha value is -0.160. The van der Waals surface area contributed by atoms with Crippen LogP contribution in [0.1, 0.15) is 33.1 Å². The van der Waals surface area contributed by atoms with Gasteiger partial charge in [0.25, 0.3) is 0 Å². The normalized spacial score (nSPS) is 15.1. The Bertz CT molecular complexity index is 177. The number of rotatable bonds is 12. The van der Waals surface area contributed by atoms with Gasteiger partial charge < -0.3 is 18.9 Å². The second-order valence-electron chi connectivity index (χ2n) is 3.71. The fraction of sp³-hybridized carbons (Fsp3) is 1.00. The molecule has 0 aromatic rings. The topological polar surface area (TPSA) is 36.9 Å². The zero-order valence-corrected chi connectivity index (χ0v) is 10.6. The first kappa shape index (κ1) is 10.7. The molecule has 4 nitrogen and oxygen atoms in total. The molecule has 0 saturated heterocycles. The molecular weight excluding hydrogens is 220 g/mol. The van der Waals surface area contributed by atoms with Gasteiger partial charge in [-0.1, -0.05) is 0 Å². The highest BCUT2D eigenvalue weighted by molar-refractivity contribution is 4.79. The molecule has 0 saturated carbocycles. The fourth-order valence-corrected chi connectivity index (χ4v) is 1.40. The molecule has 0 atom stereocenters. The molecule has 0 bridgehead atoms. The van der Waals surface area contributed by atoms with E-state index in [4.69, 9.17) is 24.4 Å². The van der Waals surface area contributed by atoms with Gasteiger partial charge in [-0.2, -0.15) is 0 Å². The van der Waals surface area contributed by atoms with Crippen LogP contribution in [-0.4, -0.2) is 52.9 Å². The van der Waals surface area contributed by atoms with E-state index in [0.717, 1.165) is 0 Å². The van der Waals surface area contributed by atoms with Gasteiger partial charge in [0.05, 0.1) is 31.8 Å². The fourth-order valence-electron chi connectivity index (χ4n) is 1.40. The summed E-state index contributed by atoms with van der Waals surface area (Å²) in [5.41, 5.74) is -0.519. The molecule has 0 amide bonds. The van der Waals surface area contributed by atoms with Crippen molar-refractivity contribution in [3.63, 3.8) is 0 Å². The van der Waals surface area contributed by atoms with E-state index < -0.39 is 5.41 Å². The molecule has 104 valence electrons. The molecule has 0 spiro atoms. The van der Waals surface area contributed by atoms with Gasteiger partial charge in [0.1, 0.15) is 0 Å². The average Bonchev–Trinajstić information content (AvgIpc) is 2.48. The van der Waals surface area contributed by atoms with Gasteiger partial charge in [0, 0.05) is 31.9 Å². The first-order valence-electron chi connectivity index (χ1n) is 8.55. The van der Waals surface area contributed by atoms with E-state index in [9.17, 15) is 0 Å². The van der Waals surface area contributed by atoms with Crippen LogP contribution in [0.5, 0.6) is 0 Å². The van der Waals surface area contributed by atoms with Crippen molar-refractivity contribution in [2.45, 2.75) is 27.6 Å². The van der Waals surface area contributed by atoms with E-state index in [1.165, 1.54) is 0 Å². The SMILES string of the molecule is [2H]CCOCC(COCC[2H])(COCC[2H])COCC[2H]. The van der Waals surface area contributed by atoms with Crippen molar-refractivity contribution in [2.24, 2.45) is 5.41 Å². The molecule has 0 N–H and O–H groups in total. The van der Waals surface area contributed by atoms with Crippen LogP contribution in [0.4, 0.5) is 0 Å². The largest absolute Gasteiger partial charge is 0.381 e. The van der Waals surface area contributed by atoms with E-state index in [0.29, 0.717) is 52.9 Å². The van der Waals surface area contributed by atoms with Crippen molar-refractivity contribution in [1.82, 2.24) is 0 Å². The molecule has 0 fully saturated rings. The summed E-state index contributed by atoms with van der Waals surface area (Å²) in [5, 5.41) is 0. The Kier molecular flexibility index (Phi) is 6.92. The number of ether oxygens (including phenoxy) is 4. The lowest BCUT2D eigenvalue weighted by molar-refractivity contribution is -0.101. The van der Waals surface area contributed by atoms with Gasteiger partial charge >= 0.3 is 0 Å². The van der Waals surface area contributed by atoms with Crippen LogP contribution < -0.4 is 0 Å². The van der Waals surface area contributed by atoms with Crippen LogP contribution in [0, 0.1) is 5.41 Å². The maximum absolute atomic E-state index is 7.12. The Morgan fingerprint density at radius 3 is 1.18 bits per heavy atom.